The van der Waals surface area contributed by atoms with Gasteiger partial charge in [-0.3, -0.25) is 43.5 Å². The zero-order valence-corrected chi connectivity index (χ0v) is 38.7. The molecule has 63 heavy (non-hydrogen) atoms. The number of primary amides is 1. The van der Waals surface area contributed by atoms with E-state index in [2.05, 4.69) is 38.2 Å². The Morgan fingerprint density at radius 2 is 1.00 bits per heavy atom. The van der Waals surface area contributed by atoms with Crippen LogP contribution in [0.4, 0.5) is 0 Å². The number of ketones is 2. The molecule has 19 heteroatoms. The Hall–Kier alpha value is -4.81. The summed E-state index contributed by atoms with van der Waals surface area (Å²) in [6.45, 7) is 5.48. The minimum Gasteiger partial charge on any atom is -0.394 e. The second-order valence-corrected chi connectivity index (χ2v) is 17.0. The number of guanidine groups is 2. The Balaban J connectivity index is 5.72. The highest BCUT2D eigenvalue weighted by Gasteiger charge is 2.33. The van der Waals surface area contributed by atoms with Crippen molar-refractivity contribution in [2.75, 3.05) is 26.7 Å². The molecule has 0 unspecified atom stereocenters. The first kappa shape index (κ1) is 58.2. The van der Waals surface area contributed by atoms with Gasteiger partial charge >= 0.3 is 0 Å². The third-order valence-electron chi connectivity index (χ3n) is 10.7. The normalized spacial score (nSPS) is 13.4. The van der Waals surface area contributed by atoms with Crippen LogP contribution in [-0.2, 0) is 33.6 Å². The smallest absolute Gasteiger partial charge is 0.243 e. The van der Waals surface area contributed by atoms with Gasteiger partial charge in [-0.2, -0.15) is 0 Å². The van der Waals surface area contributed by atoms with E-state index in [9.17, 15) is 38.7 Å². The number of nitrogens with one attached hydrogen (secondary N) is 4. The van der Waals surface area contributed by atoms with Gasteiger partial charge in [0.05, 0.1) is 18.6 Å². The Bertz CT molecular complexity index is 1430. The van der Waals surface area contributed by atoms with Crippen molar-refractivity contribution in [2.24, 2.45) is 56.4 Å². The maximum atomic E-state index is 13.9. The molecule has 0 aromatic rings. The highest BCUT2D eigenvalue weighted by atomic mass is 16.3. The number of nitrogens with zero attached hydrogens (tertiary/aromatic N) is 2. The fourth-order valence-electron chi connectivity index (χ4n) is 7.28. The van der Waals surface area contributed by atoms with Crippen molar-refractivity contribution in [1.29, 1.82) is 0 Å². The molecule has 0 aliphatic rings. The van der Waals surface area contributed by atoms with E-state index in [1.807, 2.05) is 13.8 Å². The van der Waals surface area contributed by atoms with Gasteiger partial charge in [0.25, 0.3) is 0 Å². The summed E-state index contributed by atoms with van der Waals surface area (Å²) in [5, 5.41) is 20.8. The maximum absolute atomic E-state index is 13.9. The second-order valence-electron chi connectivity index (χ2n) is 17.0. The molecule has 362 valence electrons. The number of aliphatic hydroxyl groups excluding tert-OH is 1. The number of unbranched alkanes of at least 4 members (excludes halogenated alkanes) is 12. The van der Waals surface area contributed by atoms with Gasteiger partial charge in [0.2, 0.25) is 29.5 Å². The molecule has 0 aromatic carbocycles. The summed E-state index contributed by atoms with van der Waals surface area (Å²) in [6.07, 6.45) is 15.2. The lowest BCUT2D eigenvalue weighted by molar-refractivity contribution is -0.136. The summed E-state index contributed by atoms with van der Waals surface area (Å²) >= 11 is 0. The molecule has 0 saturated carbocycles. The highest BCUT2D eigenvalue weighted by molar-refractivity contribution is 5.97. The van der Waals surface area contributed by atoms with E-state index in [1.165, 1.54) is 64.8 Å². The first-order valence-electron chi connectivity index (χ1n) is 23.1. The minimum absolute atomic E-state index is 0.0751. The quantitative estimate of drug-likeness (QED) is 0.0240. The summed E-state index contributed by atoms with van der Waals surface area (Å²) in [5.74, 6) is -6.59. The second kappa shape index (κ2) is 35.6. The van der Waals surface area contributed by atoms with Crippen LogP contribution in [0, 0.1) is 17.8 Å². The number of amides is 5. The van der Waals surface area contributed by atoms with E-state index < -0.39 is 84.6 Å². The number of aliphatic hydroxyl groups is 1. The molecule has 5 atom stereocenters. The Morgan fingerprint density at radius 3 is 1.46 bits per heavy atom. The molecular weight excluding hydrogens is 811 g/mol. The van der Waals surface area contributed by atoms with Crippen LogP contribution in [0.5, 0.6) is 0 Å². The average molecular weight is 894 g/mol. The van der Waals surface area contributed by atoms with Gasteiger partial charge in [0.1, 0.15) is 12.1 Å². The number of carbonyl (C=O) groups is 7. The molecule has 19 nitrogen and oxygen atoms in total. The van der Waals surface area contributed by atoms with Gasteiger partial charge in [-0.15, -0.1) is 0 Å². The zero-order valence-electron chi connectivity index (χ0n) is 38.7. The van der Waals surface area contributed by atoms with E-state index in [0.29, 0.717) is 12.8 Å². The number of Topliss-reactive ketones (excluding diaryl/α,β-unsaturated/α-hetero) is 2. The minimum atomic E-state index is -1.41. The number of aliphatic imine (C=N–C) groups is 2. The largest absolute Gasteiger partial charge is 0.394 e. The molecule has 0 radical (unpaired) electrons. The van der Waals surface area contributed by atoms with Crippen molar-refractivity contribution in [1.82, 2.24) is 21.3 Å². The SMILES string of the molecule is CCCCCCCCCCCCCCCC(=O)N[C@@H](CCCN=C(N)N)C(=O)N[C@@H](CO)C(=O)C[C@@H](CC(C)C)C(=O)N[C@@H](CCCN=C(N)N)C(=O)C[C@@H](CC(N)=O)C(=O)NC. The van der Waals surface area contributed by atoms with E-state index >= 15 is 0 Å². The number of carbonyl (C=O) groups excluding carboxylic acids is 7. The number of rotatable bonds is 39. The molecule has 15 N–H and O–H groups in total. The topological polar surface area (TPSA) is 343 Å². The van der Waals surface area contributed by atoms with Crippen LogP contribution in [0.1, 0.15) is 162 Å². The Kier molecular flexibility index (Phi) is 32.9. The van der Waals surface area contributed by atoms with Crippen LogP contribution in [0.15, 0.2) is 9.98 Å². The van der Waals surface area contributed by atoms with Crippen LogP contribution in [0.3, 0.4) is 0 Å². The lowest BCUT2D eigenvalue weighted by Gasteiger charge is -2.26. The van der Waals surface area contributed by atoms with Crippen molar-refractivity contribution in [3.8, 4) is 0 Å². The van der Waals surface area contributed by atoms with Crippen molar-refractivity contribution in [2.45, 2.75) is 180 Å². The first-order chi connectivity index (χ1) is 29.9. The van der Waals surface area contributed by atoms with Crippen LogP contribution >= 0.6 is 0 Å². The van der Waals surface area contributed by atoms with Gasteiger partial charge in [-0.05, 0) is 44.4 Å². The third kappa shape index (κ3) is 30.0. The summed E-state index contributed by atoms with van der Waals surface area (Å²) in [4.78, 5) is 99.8. The van der Waals surface area contributed by atoms with Gasteiger partial charge in [0.15, 0.2) is 23.5 Å². The van der Waals surface area contributed by atoms with Gasteiger partial charge < -0.3 is 55.0 Å². The van der Waals surface area contributed by atoms with Gasteiger partial charge in [-0.1, -0.05) is 97.8 Å². The fourth-order valence-corrected chi connectivity index (χ4v) is 7.28. The van der Waals surface area contributed by atoms with E-state index in [4.69, 9.17) is 28.7 Å². The molecule has 0 aromatic heterocycles. The molecule has 0 spiro atoms. The van der Waals surface area contributed by atoms with E-state index in [-0.39, 0.29) is 75.4 Å². The molecule has 0 bridgehead atoms. The third-order valence-corrected chi connectivity index (χ3v) is 10.7. The fraction of sp³-hybridized carbons (Fsp3) is 0.795. The zero-order chi connectivity index (χ0) is 47.6. The van der Waals surface area contributed by atoms with Gasteiger partial charge in [-0.25, -0.2) is 0 Å². The molecule has 0 aliphatic heterocycles. The van der Waals surface area contributed by atoms with Crippen molar-refractivity contribution in [3.63, 3.8) is 0 Å². The molecule has 5 amide bonds. The maximum Gasteiger partial charge on any atom is 0.243 e. The standard InChI is InChI=1S/C44H83N11O8/c1-5-6-7-8-9-10-11-12-13-14-15-16-17-22-39(60)53-34(21-19-24-52-44(48)49)42(63)55-35(29-56)37(58)26-31(25-30(2)3)41(62)54-33(20-18-23-51-43(46)47)36(57)27-32(28-38(45)59)40(61)50-4/h30-35,56H,5-29H2,1-4H3,(H2,45,59)(H,50,61)(H,53,60)(H,54,62)(H,55,63)(H4,46,47,51)(H4,48,49,52)/t31-,32+,33+,34+,35+/m1/s1. The van der Waals surface area contributed by atoms with Crippen LogP contribution in [0.25, 0.3) is 0 Å². The van der Waals surface area contributed by atoms with Crippen LogP contribution < -0.4 is 49.9 Å². The summed E-state index contributed by atoms with van der Waals surface area (Å²) in [7, 11) is 1.36. The van der Waals surface area contributed by atoms with Gasteiger partial charge in [0, 0.05) is 51.7 Å². The molecule has 0 saturated heterocycles. The number of hydrogen-bond acceptors (Lipinski definition) is 10. The van der Waals surface area contributed by atoms with Crippen LogP contribution in [0.2, 0.25) is 0 Å². The van der Waals surface area contributed by atoms with E-state index in [0.717, 1.165) is 19.3 Å². The summed E-state index contributed by atoms with van der Waals surface area (Å²) in [6, 6.07) is -3.59. The van der Waals surface area contributed by atoms with Crippen molar-refractivity contribution in [3.05, 3.63) is 0 Å². The summed E-state index contributed by atoms with van der Waals surface area (Å²) in [5.41, 5.74) is 27.1. The highest BCUT2D eigenvalue weighted by Crippen LogP contribution is 2.20. The monoisotopic (exact) mass is 894 g/mol. The van der Waals surface area contributed by atoms with Crippen LogP contribution in [-0.4, -0.2) is 103 Å². The Labute approximate surface area is 375 Å². The molecule has 0 heterocycles. The molecule has 0 rings (SSSR count). The summed E-state index contributed by atoms with van der Waals surface area (Å²) < 4.78 is 0. The molecule has 0 fully saturated rings. The average Bonchev–Trinajstić information content (AvgIpc) is 3.22. The van der Waals surface area contributed by atoms with Crippen molar-refractivity contribution >= 4 is 53.0 Å². The predicted molar refractivity (Wildman–Crippen MR) is 247 cm³/mol. The number of nitrogens with two attached hydrogens (primary N) is 5. The van der Waals surface area contributed by atoms with Crippen molar-refractivity contribution < 1.29 is 38.7 Å². The van der Waals surface area contributed by atoms with E-state index in [1.54, 1.807) is 0 Å². The molecule has 0 aliphatic carbocycles. The molecular formula is C44H83N11O8. The Morgan fingerprint density at radius 1 is 0.540 bits per heavy atom. The lowest BCUT2D eigenvalue weighted by atomic mass is 9.88. The lowest BCUT2D eigenvalue weighted by Crippen LogP contribution is -2.53. The first-order valence-corrected chi connectivity index (χ1v) is 23.1. The predicted octanol–water partition coefficient (Wildman–Crippen LogP) is 1.84. The number of hydrogen-bond donors (Lipinski definition) is 10.